The van der Waals surface area contributed by atoms with Gasteiger partial charge in [0.1, 0.15) is 0 Å². The SMILES string of the molecule is CCc1ccc(CNC(C)c2ccc(Cl)s2)cc1. The number of benzene rings is 1. The maximum Gasteiger partial charge on any atom is 0.0931 e. The van der Waals surface area contributed by atoms with Gasteiger partial charge in [0.15, 0.2) is 0 Å². The first-order valence-corrected chi connectivity index (χ1v) is 7.45. The molecule has 0 fully saturated rings. The summed E-state index contributed by atoms with van der Waals surface area (Å²) in [6.07, 6.45) is 1.10. The van der Waals surface area contributed by atoms with Crippen molar-refractivity contribution in [3.8, 4) is 0 Å². The minimum absolute atomic E-state index is 0.341. The van der Waals surface area contributed by atoms with Crippen molar-refractivity contribution in [1.29, 1.82) is 0 Å². The fraction of sp³-hybridized carbons (Fsp3) is 0.333. The highest BCUT2D eigenvalue weighted by molar-refractivity contribution is 7.16. The summed E-state index contributed by atoms with van der Waals surface area (Å²) in [7, 11) is 0. The molecule has 96 valence electrons. The Morgan fingerprint density at radius 3 is 2.33 bits per heavy atom. The summed E-state index contributed by atoms with van der Waals surface area (Å²) >= 11 is 7.59. The van der Waals surface area contributed by atoms with Crippen LogP contribution in [0.5, 0.6) is 0 Å². The number of nitrogens with one attached hydrogen (secondary N) is 1. The Labute approximate surface area is 118 Å². The lowest BCUT2D eigenvalue weighted by Crippen LogP contribution is -2.17. The number of halogens is 1. The monoisotopic (exact) mass is 279 g/mol. The second-order valence-electron chi connectivity index (χ2n) is 4.41. The highest BCUT2D eigenvalue weighted by atomic mass is 35.5. The van der Waals surface area contributed by atoms with Gasteiger partial charge in [0.2, 0.25) is 0 Å². The average molecular weight is 280 g/mol. The van der Waals surface area contributed by atoms with Gasteiger partial charge in [-0.2, -0.15) is 0 Å². The van der Waals surface area contributed by atoms with Crippen LogP contribution in [0.15, 0.2) is 36.4 Å². The van der Waals surface area contributed by atoms with Gasteiger partial charge in [-0.1, -0.05) is 42.8 Å². The van der Waals surface area contributed by atoms with Crippen LogP contribution >= 0.6 is 22.9 Å². The molecule has 0 spiro atoms. The molecule has 0 bridgehead atoms. The Hall–Kier alpha value is -0.830. The van der Waals surface area contributed by atoms with Crippen molar-refractivity contribution in [2.45, 2.75) is 32.9 Å². The second kappa shape index (κ2) is 6.37. The smallest absolute Gasteiger partial charge is 0.0931 e. The molecule has 0 amide bonds. The van der Waals surface area contributed by atoms with Gasteiger partial charge in [0, 0.05) is 17.5 Å². The third-order valence-electron chi connectivity index (χ3n) is 3.06. The van der Waals surface area contributed by atoms with Crippen LogP contribution < -0.4 is 5.32 Å². The molecule has 3 heteroatoms. The Morgan fingerprint density at radius 2 is 1.78 bits per heavy atom. The molecule has 1 unspecified atom stereocenters. The van der Waals surface area contributed by atoms with Crippen LogP contribution in [0.1, 0.15) is 35.9 Å². The minimum Gasteiger partial charge on any atom is -0.305 e. The highest BCUT2D eigenvalue weighted by Crippen LogP contribution is 2.26. The molecule has 1 aromatic heterocycles. The molecule has 0 aliphatic rings. The van der Waals surface area contributed by atoms with Gasteiger partial charge < -0.3 is 5.32 Å². The van der Waals surface area contributed by atoms with E-state index in [2.05, 4.69) is 49.5 Å². The predicted octanol–water partition coefficient (Wildman–Crippen LogP) is 4.81. The summed E-state index contributed by atoms with van der Waals surface area (Å²) in [4.78, 5) is 1.28. The molecule has 0 aliphatic heterocycles. The first kappa shape index (κ1) is 13.6. The highest BCUT2D eigenvalue weighted by Gasteiger charge is 2.07. The molecule has 1 heterocycles. The van der Waals surface area contributed by atoms with E-state index in [0.29, 0.717) is 6.04 Å². The van der Waals surface area contributed by atoms with Gasteiger partial charge in [0.05, 0.1) is 4.34 Å². The molecular weight excluding hydrogens is 262 g/mol. The van der Waals surface area contributed by atoms with E-state index in [-0.39, 0.29) is 0 Å². The fourth-order valence-electron chi connectivity index (χ4n) is 1.83. The number of thiophene rings is 1. The number of hydrogen-bond acceptors (Lipinski definition) is 2. The molecule has 1 N–H and O–H groups in total. The van der Waals surface area contributed by atoms with Crippen molar-refractivity contribution in [2.75, 3.05) is 0 Å². The first-order valence-electron chi connectivity index (χ1n) is 6.25. The van der Waals surface area contributed by atoms with Crippen LogP contribution in [-0.2, 0) is 13.0 Å². The molecule has 1 atom stereocenters. The Morgan fingerprint density at radius 1 is 1.11 bits per heavy atom. The van der Waals surface area contributed by atoms with Crippen LogP contribution in [-0.4, -0.2) is 0 Å². The lowest BCUT2D eigenvalue weighted by molar-refractivity contribution is 0.583. The van der Waals surface area contributed by atoms with E-state index in [9.17, 15) is 0 Å². The van der Waals surface area contributed by atoms with Crippen molar-refractivity contribution < 1.29 is 0 Å². The Kier molecular flexibility index (Phi) is 4.81. The van der Waals surface area contributed by atoms with Crippen molar-refractivity contribution in [2.24, 2.45) is 0 Å². The number of rotatable bonds is 5. The summed E-state index contributed by atoms with van der Waals surface area (Å²) in [5.41, 5.74) is 2.71. The van der Waals surface area contributed by atoms with Crippen molar-refractivity contribution in [3.05, 3.63) is 56.7 Å². The van der Waals surface area contributed by atoms with E-state index in [1.54, 1.807) is 11.3 Å². The van der Waals surface area contributed by atoms with Gasteiger partial charge in [-0.05, 0) is 36.6 Å². The van der Waals surface area contributed by atoms with Gasteiger partial charge in [-0.15, -0.1) is 11.3 Å². The number of aryl methyl sites for hydroxylation is 1. The third-order valence-corrected chi connectivity index (χ3v) is 4.48. The molecule has 18 heavy (non-hydrogen) atoms. The van der Waals surface area contributed by atoms with Crippen molar-refractivity contribution in [1.82, 2.24) is 5.32 Å². The molecule has 1 aromatic carbocycles. The first-order chi connectivity index (χ1) is 8.69. The largest absolute Gasteiger partial charge is 0.305 e. The van der Waals surface area contributed by atoms with Crippen molar-refractivity contribution in [3.63, 3.8) is 0 Å². The van der Waals surface area contributed by atoms with Crippen LogP contribution in [0.3, 0.4) is 0 Å². The van der Waals surface area contributed by atoms with Crippen molar-refractivity contribution >= 4 is 22.9 Å². The molecule has 0 saturated heterocycles. The summed E-state index contributed by atoms with van der Waals surface area (Å²) in [6, 6.07) is 13.2. The topological polar surface area (TPSA) is 12.0 Å². The van der Waals surface area contributed by atoms with Gasteiger partial charge in [0.25, 0.3) is 0 Å². The normalized spacial score (nSPS) is 12.6. The summed E-state index contributed by atoms with van der Waals surface area (Å²) in [6.45, 7) is 5.24. The molecule has 0 saturated carbocycles. The third kappa shape index (κ3) is 3.58. The summed E-state index contributed by atoms with van der Waals surface area (Å²) in [5.74, 6) is 0. The predicted molar refractivity (Wildman–Crippen MR) is 80.4 cm³/mol. The Balaban J connectivity index is 1.90. The molecular formula is C15H18ClNS. The Bertz CT molecular complexity index is 489. The quantitative estimate of drug-likeness (QED) is 0.828. The van der Waals surface area contributed by atoms with E-state index >= 15 is 0 Å². The lowest BCUT2D eigenvalue weighted by Gasteiger charge is -2.12. The van der Waals surface area contributed by atoms with Gasteiger partial charge >= 0.3 is 0 Å². The zero-order chi connectivity index (χ0) is 13.0. The van der Waals surface area contributed by atoms with E-state index in [4.69, 9.17) is 11.6 Å². The standard InChI is InChI=1S/C15H18ClNS/c1-3-12-4-6-13(7-5-12)10-17-11(2)14-8-9-15(16)18-14/h4-9,11,17H,3,10H2,1-2H3. The average Bonchev–Trinajstić information content (AvgIpc) is 2.83. The molecule has 2 rings (SSSR count). The summed E-state index contributed by atoms with van der Waals surface area (Å²) < 4.78 is 0.853. The van der Waals surface area contributed by atoms with Crippen LogP contribution in [0.2, 0.25) is 4.34 Å². The van der Waals surface area contributed by atoms with Gasteiger partial charge in [-0.25, -0.2) is 0 Å². The van der Waals surface area contributed by atoms with Crippen LogP contribution in [0, 0.1) is 0 Å². The van der Waals surface area contributed by atoms with E-state index in [0.717, 1.165) is 17.3 Å². The van der Waals surface area contributed by atoms with Gasteiger partial charge in [-0.3, -0.25) is 0 Å². The van der Waals surface area contributed by atoms with Crippen LogP contribution in [0.4, 0.5) is 0 Å². The lowest BCUT2D eigenvalue weighted by atomic mass is 10.1. The molecule has 1 nitrogen and oxygen atoms in total. The zero-order valence-electron chi connectivity index (χ0n) is 10.7. The molecule has 2 aromatic rings. The number of hydrogen-bond donors (Lipinski definition) is 1. The summed E-state index contributed by atoms with van der Waals surface area (Å²) in [5, 5.41) is 3.52. The zero-order valence-corrected chi connectivity index (χ0v) is 12.3. The van der Waals surface area contributed by atoms with E-state index in [1.807, 2.05) is 6.07 Å². The molecule has 0 radical (unpaired) electrons. The minimum atomic E-state index is 0.341. The van der Waals surface area contributed by atoms with Crippen LogP contribution in [0.25, 0.3) is 0 Å². The maximum absolute atomic E-state index is 5.95. The maximum atomic E-state index is 5.95. The fourth-order valence-corrected chi connectivity index (χ4v) is 2.91. The molecule has 0 aliphatic carbocycles. The second-order valence-corrected chi connectivity index (χ2v) is 6.16. The van der Waals surface area contributed by atoms with E-state index in [1.165, 1.54) is 16.0 Å². The van der Waals surface area contributed by atoms with E-state index < -0.39 is 0 Å².